The highest BCUT2D eigenvalue weighted by molar-refractivity contribution is 5.79. The molecule has 166 valence electrons. The lowest BCUT2D eigenvalue weighted by Gasteiger charge is -2.34. The van der Waals surface area contributed by atoms with Crippen LogP contribution in [-0.4, -0.2) is 34.4 Å². The Hall–Kier alpha value is -3.07. The van der Waals surface area contributed by atoms with Gasteiger partial charge < -0.3 is 20.1 Å². The molecule has 9 nitrogen and oxygen atoms in total. The summed E-state index contributed by atoms with van der Waals surface area (Å²) in [5.74, 6) is 1.31. The van der Waals surface area contributed by atoms with Crippen molar-refractivity contribution in [3.05, 3.63) is 40.7 Å². The van der Waals surface area contributed by atoms with Gasteiger partial charge in [0.15, 0.2) is 17.8 Å². The summed E-state index contributed by atoms with van der Waals surface area (Å²) in [5, 5.41) is 13.9. The summed E-state index contributed by atoms with van der Waals surface area (Å²) in [5.41, 5.74) is 3.80. The number of amides is 2. The molecule has 0 spiro atoms. The Bertz CT molecular complexity index is 1000. The van der Waals surface area contributed by atoms with Gasteiger partial charge in [-0.15, -0.1) is 0 Å². The van der Waals surface area contributed by atoms with Crippen molar-refractivity contribution in [2.75, 3.05) is 6.79 Å². The minimum absolute atomic E-state index is 0.00764. The fraction of sp³-hybridized carbons (Fsp3) is 0.500. The number of benzene rings is 1. The summed E-state index contributed by atoms with van der Waals surface area (Å²) in [7, 11) is 0. The molecule has 1 aromatic heterocycles. The molecule has 2 amide bonds. The number of aromatic nitrogens is 2. The SMILES string of the molecule is Cc1nn(C2NC(=O)C(C)C(C)N2)c(C)c1CCC(=O)NCc1ccc2c(c1)OCO2. The normalized spacial score (nSPS) is 22.3. The third kappa shape index (κ3) is 4.36. The molecule has 3 atom stereocenters. The molecule has 0 bridgehead atoms. The number of ether oxygens (including phenoxy) is 2. The van der Waals surface area contributed by atoms with Crippen molar-refractivity contribution < 1.29 is 19.1 Å². The van der Waals surface area contributed by atoms with Gasteiger partial charge in [-0.25, -0.2) is 4.68 Å². The third-order valence-electron chi connectivity index (χ3n) is 6.11. The van der Waals surface area contributed by atoms with Crippen LogP contribution >= 0.6 is 0 Å². The minimum Gasteiger partial charge on any atom is -0.454 e. The Morgan fingerprint density at radius 2 is 2.03 bits per heavy atom. The molecule has 31 heavy (non-hydrogen) atoms. The van der Waals surface area contributed by atoms with Crippen molar-refractivity contribution in [2.24, 2.45) is 5.92 Å². The van der Waals surface area contributed by atoms with Crippen LogP contribution in [0.2, 0.25) is 0 Å². The standard InChI is InChI=1S/C22H29N5O4/c1-12-13(2)24-22(25-21(12)29)27-15(4)17(14(3)26-27)6-8-20(28)23-10-16-5-7-18-19(9-16)31-11-30-18/h5,7,9,12-13,22,24H,6,8,10-11H2,1-4H3,(H,23,28)(H,25,29). The van der Waals surface area contributed by atoms with Crippen LogP contribution in [0.1, 0.15) is 49.1 Å². The number of carbonyl (C=O) groups is 2. The molecule has 4 rings (SSSR count). The Kier molecular flexibility index (Phi) is 5.86. The smallest absolute Gasteiger partial charge is 0.231 e. The van der Waals surface area contributed by atoms with Crippen LogP contribution in [-0.2, 0) is 22.6 Å². The molecule has 2 aromatic rings. The van der Waals surface area contributed by atoms with Gasteiger partial charge in [-0.1, -0.05) is 13.0 Å². The van der Waals surface area contributed by atoms with Gasteiger partial charge >= 0.3 is 0 Å². The molecular formula is C22H29N5O4. The molecule has 0 aliphatic carbocycles. The number of carbonyl (C=O) groups excluding carboxylic acids is 2. The Morgan fingerprint density at radius 3 is 2.81 bits per heavy atom. The fourth-order valence-corrected chi connectivity index (χ4v) is 3.95. The van der Waals surface area contributed by atoms with E-state index in [-0.39, 0.29) is 36.9 Å². The van der Waals surface area contributed by atoms with Crippen molar-refractivity contribution in [3.8, 4) is 11.5 Å². The highest BCUT2D eigenvalue weighted by atomic mass is 16.7. The van der Waals surface area contributed by atoms with Crippen molar-refractivity contribution in [1.82, 2.24) is 25.7 Å². The average molecular weight is 428 g/mol. The zero-order valence-electron chi connectivity index (χ0n) is 18.3. The van der Waals surface area contributed by atoms with Crippen LogP contribution in [0, 0.1) is 19.8 Å². The molecule has 1 fully saturated rings. The summed E-state index contributed by atoms with van der Waals surface area (Å²) in [6.45, 7) is 8.46. The van der Waals surface area contributed by atoms with Gasteiger partial charge in [-0.05, 0) is 50.5 Å². The molecule has 0 radical (unpaired) electrons. The van der Waals surface area contributed by atoms with E-state index in [1.165, 1.54) is 0 Å². The average Bonchev–Trinajstić information content (AvgIpc) is 3.32. The molecule has 3 heterocycles. The Morgan fingerprint density at radius 1 is 1.26 bits per heavy atom. The number of aryl methyl sites for hydroxylation is 1. The largest absolute Gasteiger partial charge is 0.454 e. The van der Waals surface area contributed by atoms with E-state index < -0.39 is 0 Å². The molecule has 3 N–H and O–H groups in total. The first-order valence-electron chi connectivity index (χ1n) is 10.6. The predicted octanol–water partition coefficient (Wildman–Crippen LogP) is 1.68. The van der Waals surface area contributed by atoms with E-state index in [1.807, 2.05) is 45.9 Å². The number of nitrogens with zero attached hydrogens (tertiary/aromatic N) is 2. The maximum atomic E-state index is 12.4. The van der Waals surface area contributed by atoms with E-state index >= 15 is 0 Å². The van der Waals surface area contributed by atoms with Crippen LogP contribution in [0.15, 0.2) is 18.2 Å². The molecule has 3 unspecified atom stereocenters. The maximum Gasteiger partial charge on any atom is 0.231 e. The van der Waals surface area contributed by atoms with Crippen LogP contribution in [0.4, 0.5) is 0 Å². The van der Waals surface area contributed by atoms with E-state index in [4.69, 9.17) is 9.47 Å². The zero-order chi connectivity index (χ0) is 22.1. The lowest BCUT2D eigenvalue weighted by molar-refractivity contribution is -0.130. The monoisotopic (exact) mass is 427 g/mol. The third-order valence-corrected chi connectivity index (χ3v) is 6.11. The van der Waals surface area contributed by atoms with E-state index in [0.29, 0.717) is 25.1 Å². The second-order valence-corrected chi connectivity index (χ2v) is 8.21. The van der Waals surface area contributed by atoms with Gasteiger partial charge in [-0.2, -0.15) is 5.10 Å². The van der Waals surface area contributed by atoms with Crippen molar-refractivity contribution >= 4 is 11.8 Å². The highest BCUT2D eigenvalue weighted by Crippen LogP contribution is 2.32. The van der Waals surface area contributed by atoms with Crippen molar-refractivity contribution in [1.29, 1.82) is 0 Å². The van der Waals surface area contributed by atoms with Crippen LogP contribution in [0.25, 0.3) is 0 Å². The van der Waals surface area contributed by atoms with E-state index in [2.05, 4.69) is 21.0 Å². The Balaban J connectivity index is 1.34. The van der Waals surface area contributed by atoms with Gasteiger partial charge in [0.05, 0.1) is 11.6 Å². The number of rotatable bonds is 6. The molecule has 1 aromatic carbocycles. The number of hydrogen-bond donors (Lipinski definition) is 3. The maximum absolute atomic E-state index is 12.4. The quantitative estimate of drug-likeness (QED) is 0.648. The van der Waals surface area contributed by atoms with Crippen molar-refractivity contribution in [2.45, 2.75) is 59.4 Å². The van der Waals surface area contributed by atoms with E-state index in [9.17, 15) is 9.59 Å². The number of nitrogens with one attached hydrogen (secondary N) is 3. The first-order valence-corrected chi connectivity index (χ1v) is 10.6. The second-order valence-electron chi connectivity index (χ2n) is 8.21. The van der Waals surface area contributed by atoms with E-state index in [0.717, 1.165) is 28.3 Å². The first-order chi connectivity index (χ1) is 14.8. The van der Waals surface area contributed by atoms with Crippen molar-refractivity contribution in [3.63, 3.8) is 0 Å². The fourth-order valence-electron chi connectivity index (χ4n) is 3.95. The second kappa shape index (κ2) is 8.58. The molecule has 2 aliphatic rings. The summed E-state index contributed by atoms with van der Waals surface area (Å²) >= 11 is 0. The molecule has 2 aliphatic heterocycles. The van der Waals surface area contributed by atoms with Crippen LogP contribution in [0.5, 0.6) is 11.5 Å². The first kappa shape index (κ1) is 21.2. The zero-order valence-corrected chi connectivity index (χ0v) is 18.3. The molecule has 9 heteroatoms. The lowest BCUT2D eigenvalue weighted by Crippen LogP contribution is -2.57. The van der Waals surface area contributed by atoms with E-state index in [1.54, 1.807) is 4.68 Å². The lowest BCUT2D eigenvalue weighted by atomic mass is 10.0. The summed E-state index contributed by atoms with van der Waals surface area (Å²) in [6.07, 6.45) is 0.554. The highest BCUT2D eigenvalue weighted by Gasteiger charge is 2.32. The predicted molar refractivity (Wildman–Crippen MR) is 113 cm³/mol. The number of fused-ring (bicyclic) bond motifs is 1. The van der Waals surface area contributed by atoms with Gasteiger partial charge in [0, 0.05) is 24.7 Å². The van der Waals surface area contributed by atoms with Crippen LogP contribution < -0.4 is 25.4 Å². The van der Waals surface area contributed by atoms with Gasteiger partial charge in [-0.3, -0.25) is 14.9 Å². The number of hydrogen-bond acceptors (Lipinski definition) is 6. The molecule has 1 saturated heterocycles. The topological polar surface area (TPSA) is 107 Å². The Labute approximate surface area is 181 Å². The summed E-state index contributed by atoms with van der Waals surface area (Å²) in [6, 6.07) is 5.70. The van der Waals surface area contributed by atoms with Gasteiger partial charge in [0.25, 0.3) is 0 Å². The van der Waals surface area contributed by atoms with Gasteiger partial charge in [0.1, 0.15) is 0 Å². The molecule has 0 saturated carbocycles. The van der Waals surface area contributed by atoms with Crippen LogP contribution in [0.3, 0.4) is 0 Å². The summed E-state index contributed by atoms with van der Waals surface area (Å²) < 4.78 is 12.5. The minimum atomic E-state index is -0.383. The molecular weight excluding hydrogens is 398 g/mol. The summed E-state index contributed by atoms with van der Waals surface area (Å²) in [4.78, 5) is 24.6. The van der Waals surface area contributed by atoms with Gasteiger partial charge in [0.2, 0.25) is 18.6 Å².